The quantitative estimate of drug-likeness (QED) is 0.678. The number of carbonyl (C=O) groups is 2. The number of carbonyl (C=O) groups excluding carboxylic acids is 2. The molecule has 1 aliphatic rings. The number of hydrogen-bond donors (Lipinski definition) is 2. The van der Waals surface area contributed by atoms with Gasteiger partial charge < -0.3 is 15.4 Å². The number of aromatic nitrogens is 2. The van der Waals surface area contributed by atoms with E-state index in [1.54, 1.807) is 35.1 Å². The molecule has 1 aromatic heterocycles. The minimum atomic E-state index is -0.405. The van der Waals surface area contributed by atoms with E-state index in [9.17, 15) is 9.59 Å². The van der Waals surface area contributed by atoms with Gasteiger partial charge in [-0.15, -0.1) is 0 Å². The Morgan fingerprint density at radius 1 is 1.14 bits per heavy atom. The van der Waals surface area contributed by atoms with E-state index in [1.807, 2.05) is 36.5 Å². The van der Waals surface area contributed by atoms with Crippen LogP contribution in [0.4, 0.5) is 5.69 Å². The van der Waals surface area contributed by atoms with E-state index in [4.69, 9.17) is 4.74 Å². The van der Waals surface area contributed by atoms with E-state index in [2.05, 4.69) is 15.7 Å². The van der Waals surface area contributed by atoms with Gasteiger partial charge in [-0.2, -0.15) is 5.10 Å². The highest BCUT2D eigenvalue weighted by molar-refractivity contribution is 5.98. The smallest absolute Gasteiger partial charge is 0.253 e. The number of anilines is 1. The van der Waals surface area contributed by atoms with E-state index in [-0.39, 0.29) is 11.8 Å². The van der Waals surface area contributed by atoms with E-state index >= 15 is 0 Å². The van der Waals surface area contributed by atoms with Gasteiger partial charge in [0, 0.05) is 36.8 Å². The Kier molecular flexibility index (Phi) is 5.67. The summed E-state index contributed by atoms with van der Waals surface area (Å²) < 4.78 is 7.16. The van der Waals surface area contributed by atoms with Crippen molar-refractivity contribution in [3.05, 3.63) is 78.1 Å². The highest BCUT2D eigenvalue weighted by Gasteiger charge is 2.23. The SMILES string of the molecule is O=C(NCc1ccc(-n2cccn2)cc1)c1cccc(NC(=O)[C@H]2CCCO2)c1. The standard InChI is InChI=1S/C22H22N4O3/c27-21(23-15-16-7-9-19(10-8-16)26-12-3-11-24-26)17-4-1-5-18(14-17)25-22(28)20-6-2-13-29-20/h1,3-5,7-12,14,20H,2,6,13,15H2,(H,23,27)(H,25,28)/t20-/m1/s1. The van der Waals surface area contributed by atoms with E-state index in [0.717, 1.165) is 24.1 Å². The van der Waals surface area contributed by atoms with Crippen molar-refractivity contribution in [2.24, 2.45) is 0 Å². The third kappa shape index (κ3) is 4.70. The van der Waals surface area contributed by atoms with Crippen LogP contribution >= 0.6 is 0 Å². The van der Waals surface area contributed by atoms with E-state index in [0.29, 0.717) is 24.4 Å². The second-order valence-electron chi connectivity index (χ2n) is 6.87. The molecule has 4 rings (SSSR count). The number of benzene rings is 2. The summed E-state index contributed by atoms with van der Waals surface area (Å²) in [4.78, 5) is 24.7. The van der Waals surface area contributed by atoms with Crippen LogP contribution in [0.25, 0.3) is 5.69 Å². The molecule has 0 saturated carbocycles. The minimum Gasteiger partial charge on any atom is -0.368 e. The van der Waals surface area contributed by atoms with Gasteiger partial charge in [-0.05, 0) is 54.8 Å². The van der Waals surface area contributed by atoms with Gasteiger partial charge in [0.05, 0.1) is 5.69 Å². The van der Waals surface area contributed by atoms with Crippen LogP contribution in [0.5, 0.6) is 0 Å². The molecule has 1 atom stereocenters. The molecule has 1 aliphatic heterocycles. The van der Waals surface area contributed by atoms with Crippen LogP contribution in [0.1, 0.15) is 28.8 Å². The molecule has 3 aromatic rings. The van der Waals surface area contributed by atoms with Gasteiger partial charge in [0.15, 0.2) is 0 Å². The first-order chi connectivity index (χ1) is 14.2. The van der Waals surface area contributed by atoms with Crippen molar-refractivity contribution in [3.8, 4) is 5.69 Å². The number of ether oxygens (including phenoxy) is 1. The second-order valence-corrected chi connectivity index (χ2v) is 6.87. The Morgan fingerprint density at radius 2 is 2.00 bits per heavy atom. The molecule has 2 N–H and O–H groups in total. The van der Waals surface area contributed by atoms with Crippen molar-refractivity contribution in [3.63, 3.8) is 0 Å². The van der Waals surface area contributed by atoms with Crippen LogP contribution < -0.4 is 10.6 Å². The van der Waals surface area contributed by atoms with Crippen LogP contribution in [0.15, 0.2) is 67.0 Å². The molecule has 0 bridgehead atoms. The molecule has 1 fully saturated rings. The maximum Gasteiger partial charge on any atom is 0.253 e. The predicted molar refractivity (Wildman–Crippen MR) is 109 cm³/mol. The summed E-state index contributed by atoms with van der Waals surface area (Å²) in [6.07, 6.45) is 4.82. The third-order valence-corrected chi connectivity index (χ3v) is 4.77. The summed E-state index contributed by atoms with van der Waals surface area (Å²) in [5.74, 6) is -0.369. The molecular formula is C22H22N4O3. The van der Waals surface area contributed by atoms with E-state index in [1.165, 1.54) is 0 Å². The molecule has 29 heavy (non-hydrogen) atoms. The van der Waals surface area contributed by atoms with E-state index < -0.39 is 6.10 Å². The molecule has 148 valence electrons. The Balaban J connectivity index is 1.34. The average molecular weight is 390 g/mol. The highest BCUT2D eigenvalue weighted by atomic mass is 16.5. The van der Waals surface area contributed by atoms with Crippen molar-refractivity contribution in [1.82, 2.24) is 15.1 Å². The van der Waals surface area contributed by atoms with Crippen LogP contribution in [0.3, 0.4) is 0 Å². The lowest BCUT2D eigenvalue weighted by atomic mass is 10.1. The van der Waals surface area contributed by atoms with Gasteiger partial charge in [0.2, 0.25) is 0 Å². The average Bonchev–Trinajstić information content (AvgIpc) is 3.47. The summed E-state index contributed by atoms with van der Waals surface area (Å²) in [5.41, 5.74) is 3.02. The molecule has 7 heteroatoms. The first kappa shape index (κ1) is 18.9. The topological polar surface area (TPSA) is 85.3 Å². The van der Waals surface area contributed by atoms with Crippen molar-refractivity contribution < 1.29 is 14.3 Å². The largest absolute Gasteiger partial charge is 0.368 e. The van der Waals surface area contributed by atoms with Crippen molar-refractivity contribution in [2.45, 2.75) is 25.5 Å². The number of hydrogen-bond acceptors (Lipinski definition) is 4. The first-order valence-electron chi connectivity index (χ1n) is 9.59. The number of amides is 2. The fourth-order valence-electron chi connectivity index (χ4n) is 3.22. The normalized spacial score (nSPS) is 15.8. The first-order valence-corrected chi connectivity index (χ1v) is 9.59. The van der Waals surface area contributed by atoms with Gasteiger partial charge in [-0.1, -0.05) is 18.2 Å². The van der Waals surface area contributed by atoms with Crippen LogP contribution in [-0.4, -0.2) is 34.3 Å². The van der Waals surface area contributed by atoms with Crippen LogP contribution in [0.2, 0.25) is 0 Å². The predicted octanol–water partition coefficient (Wildman–Crippen LogP) is 2.92. The van der Waals surface area contributed by atoms with Gasteiger partial charge in [-0.3, -0.25) is 9.59 Å². The summed E-state index contributed by atoms with van der Waals surface area (Å²) in [6.45, 7) is 1.02. The molecule has 2 aromatic carbocycles. The number of rotatable bonds is 6. The van der Waals surface area contributed by atoms with Crippen LogP contribution in [0, 0.1) is 0 Å². The van der Waals surface area contributed by atoms with Crippen LogP contribution in [-0.2, 0) is 16.1 Å². The summed E-state index contributed by atoms with van der Waals surface area (Å²) in [6, 6.07) is 16.6. The van der Waals surface area contributed by atoms with Gasteiger partial charge in [-0.25, -0.2) is 4.68 Å². The number of nitrogens with one attached hydrogen (secondary N) is 2. The Bertz CT molecular complexity index is 978. The van der Waals surface area contributed by atoms with Crippen molar-refractivity contribution in [2.75, 3.05) is 11.9 Å². The Hall–Kier alpha value is -3.45. The Morgan fingerprint density at radius 3 is 2.72 bits per heavy atom. The highest BCUT2D eigenvalue weighted by Crippen LogP contribution is 2.16. The fourth-order valence-corrected chi connectivity index (χ4v) is 3.22. The van der Waals surface area contributed by atoms with Crippen molar-refractivity contribution >= 4 is 17.5 Å². The third-order valence-electron chi connectivity index (χ3n) is 4.77. The zero-order valence-corrected chi connectivity index (χ0v) is 15.9. The maximum absolute atomic E-state index is 12.5. The Labute approximate surface area is 168 Å². The second kappa shape index (κ2) is 8.70. The molecule has 0 radical (unpaired) electrons. The van der Waals surface area contributed by atoms with Crippen molar-refractivity contribution in [1.29, 1.82) is 0 Å². The molecule has 2 heterocycles. The fraction of sp³-hybridized carbons (Fsp3) is 0.227. The molecular weight excluding hydrogens is 368 g/mol. The monoisotopic (exact) mass is 390 g/mol. The molecule has 2 amide bonds. The number of nitrogens with zero attached hydrogens (tertiary/aromatic N) is 2. The lowest BCUT2D eigenvalue weighted by molar-refractivity contribution is -0.124. The summed E-state index contributed by atoms with van der Waals surface area (Å²) in [5, 5.41) is 9.92. The molecule has 0 aliphatic carbocycles. The molecule has 0 spiro atoms. The zero-order chi connectivity index (χ0) is 20.1. The summed E-state index contributed by atoms with van der Waals surface area (Å²) in [7, 11) is 0. The van der Waals surface area contributed by atoms with Gasteiger partial charge >= 0.3 is 0 Å². The van der Waals surface area contributed by atoms with Gasteiger partial charge in [0.1, 0.15) is 6.10 Å². The van der Waals surface area contributed by atoms with Gasteiger partial charge in [0.25, 0.3) is 11.8 Å². The maximum atomic E-state index is 12.5. The zero-order valence-electron chi connectivity index (χ0n) is 15.9. The summed E-state index contributed by atoms with van der Waals surface area (Å²) >= 11 is 0. The lowest BCUT2D eigenvalue weighted by Gasteiger charge is -2.11. The molecule has 7 nitrogen and oxygen atoms in total. The molecule has 0 unspecified atom stereocenters. The molecule has 1 saturated heterocycles. The minimum absolute atomic E-state index is 0.169. The lowest BCUT2D eigenvalue weighted by Crippen LogP contribution is -2.27.